The molecule has 0 atom stereocenters. The van der Waals surface area contributed by atoms with Gasteiger partial charge in [0.25, 0.3) is 0 Å². The quantitative estimate of drug-likeness (QED) is 0.397. The Labute approximate surface area is 176 Å². The largest absolute Gasteiger partial charge is 0.308 e. The first-order valence-corrected chi connectivity index (χ1v) is 11.1. The van der Waals surface area contributed by atoms with Gasteiger partial charge in [-0.15, -0.1) is 0 Å². The molecule has 150 valence electrons. The van der Waals surface area contributed by atoms with Gasteiger partial charge in [0.15, 0.2) is 0 Å². The number of piperidine rings is 1. The molecule has 1 aliphatic rings. The number of nitrogens with zero attached hydrogens (tertiary/aromatic N) is 4. The molecule has 0 unspecified atom stereocenters. The summed E-state index contributed by atoms with van der Waals surface area (Å²) >= 11 is 0. The minimum Gasteiger partial charge on any atom is -0.308 e. The lowest BCUT2D eigenvalue weighted by molar-refractivity contribution is 0.222. The Morgan fingerprint density at radius 1 is 0.733 bits per heavy atom. The number of para-hydroxylation sites is 2. The van der Waals surface area contributed by atoms with E-state index in [9.17, 15) is 0 Å². The number of rotatable bonds is 4. The van der Waals surface area contributed by atoms with Crippen LogP contribution in [0.5, 0.6) is 0 Å². The van der Waals surface area contributed by atoms with Crippen LogP contribution in [0.15, 0.2) is 72.9 Å². The van der Waals surface area contributed by atoms with E-state index in [2.05, 4.69) is 86.8 Å². The molecule has 0 bridgehead atoms. The van der Waals surface area contributed by atoms with Crippen molar-refractivity contribution in [3.05, 3.63) is 72.9 Å². The number of likely N-dealkylation sites (tertiary alicyclic amines) is 1. The van der Waals surface area contributed by atoms with Gasteiger partial charge in [0.2, 0.25) is 5.78 Å². The van der Waals surface area contributed by atoms with Crippen molar-refractivity contribution >= 4 is 27.6 Å². The minimum atomic E-state index is 0.975. The van der Waals surface area contributed by atoms with Crippen molar-refractivity contribution in [3.63, 3.8) is 0 Å². The number of hydrogen-bond acceptors (Lipinski definition) is 2. The maximum atomic E-state index is 5.14. The van der Waals surface area contributed by atoms with Gasteiger partial charge in [0.05, 0.1) is 16.7 Å². The lowest BCUT2D eigenvalue weighted by Gasteiger charge is -2.26. The van der Waals surface area contributed by atoms with Gasteiger partial charge in [-0.25, -0.2) is 4.98 Å². The zero-order valence-corrected chi connectivity index (χ0v) is 17.2. The first kappa shape index (κ1) is 17.7. The highest BCUT2D eigenvalue weighted by Gasteiger charge is 2.17. The van der Waals surface area contributed by atoms with Gasteiger partial charge >= 0.3 is 0 Å². The van der Waals surface area contributed by atoms with Crippen molar-refractivity contribution in [1.82, 2.24) is 18.9 Å². The highest BCUT2D eigenvalue weighted by atomic mass is 15.2. The predicted octanol–water partition coefficient (Wildman–Crippen LogP) is 5.60. The molecule has 1 aliphatic heterocycles. The van der Waals surface area contributed by atoms with Crippen molar-refractivity contribution in [3.8, 4) is 11.3 Å². The van der Waals surface area contributed by atoms with Crippen LogP contribution in [0, 0.1) is 0 Å². The van der Waals surface area contributed by atoms with E-state index in [0.29, 0.717) is 0 Å². The van der Waals surface area contributed by atoms with Gasteiger partial charge in [0, 0.05) is 24.8 Å². The van der Waals surface area contributed by atoms with Crippen LogP contribution in [0.3, 0.4) is 0 Å². The number of benzene rings is 3. The molecular weight excluding hydrogens is 368 g/mol. The van der Waals surface area contributed by atoms with E-state index in [0.717, 1.165) is 24.6 Å². The van der Waals surface area contributed by atoms with Gasteiger partial charge in [-0.05, 0) is 48.8 Å². The lowest BCUT2D eigenvalue weighted by atomic mass is 10.0. The van der Waals surface area contributed by atoms with Crippen molar-refractivity contribution in [2.24, 2.45) is 0 Å². The lowest BCUT2D eigenvalue weighted by Crippen LogP contribution is -2.32. The normalized spacial score (nSPS) is 15.5. The number of fused-ring (bicyclic) bond motifs is 4. The molecule has 3 heterocycles. The summed E-state index contributed by atoms with van der Waals surface area (Å²) in [5, 5.41) is 2.51. The topological polar surface area (TPSA) is 25.5 Å². The van der Waals surface area contributed by atoms with E-state index in [4.69, 9.17) is 4.98 Å². The molecule has 4 nitrogen and oxygen atoms in total. The van der Waals surface area contributed by atoms with Gasteiger partial charge in [-0.3, -0.25) is 4.40 Å². The first-order valence-electron chi connectivity index (χ1n) is 11.1. The van der Waals surface area contributed by atoms with Crippen molar-refractivity contribution < 1.29 is 0 Å². The Morgan fingerprint density at radius 3 is 2.40 bits per heavy atom. The summed E-state index contributed by atoms with van der Waals surface area (Å²) in [5.41, 5.74) is 4.73. The zero-order valence-electron chi connectivity index (χ0n) is 17.2. The molecular formula is C26H26N4. The maximum absolute atomic E-state index is 5.14. The van der Waals surface area contributed by atoms with Crippen LogP contribution in [-0.2, 0) is 6.54 Å². The third kappa shape index (κ3) is 2.91. The second kappa shape index (κ2) is 7.29. The Balaban J connectivity index is 1.47. The first-order chi connectivity index (χ1) is 14.9. The monoisotopic (exact) mass is 394 g/mol. The summed E-state index contributed by atoms with van der Waals surface area (Å²) in [4.78, 5) is 7.74. The van der Waals surface area contributed by atoms with E-state index in [1.807, 2.05) is 0 Å². The van der Waals surface area contributed by atoms with E-state index in [1.165, 1.54) is 59.7 Å². The van der Waals surface area contributed by atoms with E-state index < -0.39 is 0 Å². The van der Waals surface area contributed by atoms with Crippen molar-refractivity contribution in [2.75, 3.05) is 19.6 Å². The summed E-state index contributed by atoms with van der Waals surface area (Å²) < 4.78 is 4.67. The molecule has 0 spiro atoms. The van der Waals surface area contributed by atoms with Crippen LogP contribution in [-0.4, -0.2) is 38.5 Å². The fraction of sp³-hybridized carbons (Fsp3) is 0.269. The smallest absolute Gasteiger partial charge is 0.215 e. The van der Waals surface area contributed by atoms with Crippen LogP contribution in [0.1, 0.15) is 19.3 Å². The molecule has 3 aromatic carbocycles. The average molecular weight is 395 g/mol. The Morgan fingerprint density at radius 2 is 1.50 bits per heavy atom. The summed E-state index contributed by atoms with van der Waals surface area (Å²) in [5.74, 6) is 1.04. The molecule has 5 aromatic rings. The molecule has 0 amide bonds. The summed E-state index contributed by atoms with van der Waals surface area (Å²) in [6.07, 6.45) is 6.24. The molecule has 2 aromatic heterocycles. The van der Waals surface area contributed by atoms with Crippen LogP contribution in [0.25, 0.3) is 38.8 Å². The van der Waals surface area contributed by atoms with E-state index >= 15 is 0 Å². The molecule has 4 heteroatoms. The summed E-state index contributed by atoms with van der Waals surface area (Å²) in [6.45, 7) is 4.52. The molecule has 30 heavy (non-hydrogen) atoms. The molecule has 0 N–H and O–H groups in total. The minimum absolute atomic E-state index is 0.975. The molecule has 0 radical (unpaired) electrons. The van der Waals surface area contributed by atoms with Gasteiger partial charge in [-0.2, -0.15) is 0 Å². The highest BCUT2D eigenvalue weighted by molar-refractivity contribution is 5.96. The van der Waals surface area contributed by atoms with Crippen LogP contribution in [0.2, 0.25) is 0 Å². The Bertz CT molecular complexity index is 1330. The fourth-order valence-corrected chi connectivity index (χ4v) is 4.97. The maximum Gasteiger partial charge on any atom is 0.215 e. The number of aromatic nitrogens is 3. The SMILES string of the molecule is c1ccc2c(-c3cn4c5ccccc5n(CCN5CCCCC5)c4n3)cccc2c1. The van der Waals surface area contributed by atoms with E-state index in [1.54, 1.807) is 0 Å². The fourth-order valence-electron chi connectivity index (χ4n) is 4.97. The van der Waals surface area contributed by atoms with Gasteiger partial charge in [-0.1, -0.05) is 61.0 Å². The van der Waals surface area contributed by atoms with Crippen LogP contribution in [0.4, 0.5) is 0 Å². The zero-order chi connectivity index (χ0) is 19.9. The summed E-state index contributed by atoms with van der Waals surface area (Å²) in [7, 11) is 0. The molecule has 6 rings (SSSR count). The highest BCUT2D eigenvalue weighted by Crippen LogP contribution is 2.30. The van der Waals surface area contributed by atoms with E-state index in [-0.39, 0.29) is 0 Å². The van der Waals surface area contributed by atoms with Crippen LogP contribution < -0.4 is 0 Å². The predicted molar refractivity (Wildman–Crippen MR) is 124 cm³/mol. The summed E-state index contributed by atoms with van der Waals surface area (Å²) in [6, 6.07) is 23.7. The Kier molecular flexibility index (Phi) is 4.31. The third-order valence-electron chi connectivity index (χ3n) is 6.51. The second-order valence-electron chi connectivity index (χ2n) is 8.37. The number of hydrogen-bond donors (Lipinski definition) is 0. The van der Waals surface area contributed by atoms with Gasteiger partial charge < -0.3 is 9.47 Å². The third-order valence-corrected chi connectivity index (χ3v) is 6.51. The molecule has 0 aliphatic carbocycles. The molecule has 1 fully saturated rings. The van der Waals surface area contributed by atoms with Crippen molar-refractivity contribution in [1.29, 1.82) is 0 Å². The molecule has 1 saturated heterocycles. The van der Waals surface area contributed by atoms with Crippen LogP contribution >= 0.6 is 0 Å². The standard InChI is InChI=1S/C26H26N4/c1-6-15-28(16-7-1)17-18-29-24-13-4-5-14-25(24)30-19-23(27-26(29)30)22-12-8-10-20-9-2-3-11-21(20)22/h2-5,8-14,19H,1,6-7,15-18H2. The van der Waals surface area contributed by atoms with Gasteiger partial charge in [0.1, 0.15) is 0 Å². The molecule has 0 saturated carbocycles. The van der Waals surface area contributed by atoms with Crippen molar-refractivity contribution in [2.45, 2.75) is 25.8 Å². The number of imidazole rings is 2. The second-order valence-corrected chi connectivity index (χ2v) is 8.37. The Hall–Kier alpha value is -3.11. The average Bonchev–Trinajstić information content (AvgIpc) is 3.36.